The molecule has 2 fully saturated rings. The van der Waals surface area contributed by atoms with Crippen molar-refractivity contribution in [2.45, 2.75) is 77.8 Å². The zero-order valence-corrected chi connectivity index (χ0v) is 20.5. The van der Waals surface area contributed by atoms with Crippen molar-refractivity contribution in [3.05, 3.63) is 36.4 Å². The molecule has 0 saturated carbocycles. The van der Waals surface area contributed by atoms with E-state index in [9.17, 15) is 0 Å². The second-order valence-electron chi connectivity index (χ2n) is 10.8. The molecule has 0 atom stereocenters. The van der Waals surface area contributed by atoms with Crippen LogP contribution >= 0.6 is 11.3 Å². The highest BCUT2D eigenvalue weighted by Crippen LogP contribution is 2.39. The summed E-state index contributed by atoms with van der Waals surface area (Å²) in [7, 11) is -0.730. The molecule has 0 bridgehead atoms. The van der Waals surface area contributed by atoms with Gasteiger partial charge in [0, 0.05) is 9.40 Å². The second-order valence-corrected chi connectivity index (χ2v) is 11.9. The Balaban J connectivity index is 1.55. The number of rotatable bonds is 2. The van der Waals surface area contributed by atoms with Crippen LogP contribution in [-0.4, -0.2) is 36.6 Å². The van der Waals surface area contributed by atoms with E-state index in [-0.39, 0.29) is 36.6 Å². The molecule has 2 aliphatic rings. The maximum atomic E-state index is 6.28. The van der Waals surface area contributed by atoms with Gasteiger partial charge >= 0.3 is 14.2 Å². The molecule has 0 N–H and O–H groups in total. The van der Waals surface area contributed by atoms with E-state index in [1.165, 1.54) is 20.2 Å². The lowest BCUT2D eigenvalue weighted by molar-refractivity contribution is 0.00578. The normalized spacial score (nSPS) is 23.9. The van der Waals surface area contributed by atoms with E-state index < -0.39 is 0 Å². The van der Waals surface area contributed by atoms with Crippen molar-refractivity contribution < 1.29 is 18.6 Å². The lowest BCUT2D eigenvalue weighted by Gasteiger charge is -2.32. The highest BCUT2D eigenvalue weighted by molar-refractivity contribution is 7.25. The topological polar surface area (TPSA) is 36.9 Å². The summed E-state index contributed by atoms with van der Waals surface area (Å²) in [4.78, 5) is 0. The number of fused-ring (bicyclic) bond motifs is 3. The Morgan fingerprint density at radius 1 is 0.548 bits per heavy atom. The Morgan fingerprint density at radius 2 is 0.871 bits per heavy atom. The SMILES string of the molecule is CC1(C)OB(c2ccc3sc4ccc(B5OC(C)(C)C(C)(C)O5)cc4c3c2)OC1(C)C. The number of thiophene rings is 1. The summed E-state index contributed by atoms with van der Waals surface area (Å²) in [5.74, 6) is 0. The van der Waals surface area contributed by atoms with E-state index in [1.54, 1.807) is 11.3 Å². The summed E-state index contributed by atoms with van der Waals surface area (Å²) in [6, 6.07) is 13.0. The fourth-order valence-electron chi connectivity index (χ4n) is 4.06. The highest BCUT2D eigenvalue weighted by atomic mass is 32.1. The maximum Gasteiger partial charge on any atom is 0.494 e. The van der Waals surface area contributed by atoms with Gasteiger partial charge in [-0.15, -0.1) is 11.3 Å². The fourth-order valence-corrected chi connectivity index (χ4v) is 5.13. The lowest BCUT2D eigenvalue weighted by atomic mass is 9.77. The molecule has 5 rings (SSSR count). The molecule has 0 spiro atoms. The van der Waals surface area contributed by atoms with Gasteiger partial charge in [0.2, 0.25) is 0 Å². The highest BCUT2D eigenvalue weighted by Gasteiger charge is 2.52. The quantitative estimate of drug-likeness (QED) is 0.549. The number of hydrogen-bond donors (Lipinski definition) is 0. The van der Waals surface area contributed by atoms with Crippen LogP contribution in [0.2, 0.25) is 0 Å². The Hall–Kier alpha value is -1.37. The van der Waals surface area contributed by atoms with E-state index >= 15 is 0 Å². The molecular weight excluding hydrogens is 406 g/mol. The molecule has 2 aliphatic heterocycles. The summed E-state index contributed by atoms with van der Waals surface area (Å²) in [6.07, 6.45) is 0. The Morgan fingerprint density at radius 3 is 1.19 bits per heavy atom. The van der Waals surface area contributed by atoms with Crippen LogP contribution < -0.4 is 10.9 Å². The molecule has 31 heavy (non-hydrogen) atoms. The monoisotopic (exact) mass is 436 g/mol. The Bertz CT molecular complexity index is 1060. The molecule has 7 heteroatoms. The smallest absolute Gasteiger partial charge is 0.399 e. The van der Waals surface area contributed by atoms with Gasteiger partial charge in [-0.3, -0.25) is 0 Å². The first kappa shape index (κ1) is 21.5. The molecule has 0 aliphatic carbocycles. The lowest BCUT2D eigenvalue weighted by Crippen LogP contribution is -2.41. The molecule has 0 amide bonds. The van der Waals surface area contributed by atoms with Crippen molar-refractivity contribution in [1.29, 1.82) is 0 Å². The molecule has 1 aromatic heterocycles. The van der Waals surface area contributed by atoms with Crippen LogP contribution in [0.25, 0.3) is 20.2 Å². The molecule has 3 aromatic rings. The molecule has 162 valence electrons. The maximum absolute atomic E-state index is 6.28. The summed E-state index contributed by atoms with van der Waals surface area (Å²) >= 11 is 1.80. The standard InChI is InChI=1S/C24H30B2O4S/c1-21(2)22(3,4)28-25(27-21)15-9-11-19-17(13-15)18-14-16(10-12-20(18)31-19)26-29-23(5,6)24(7,8)30-26/h9-14H,1-8H3. The average molecular weight is 436 g/mol. The van der Waals surface area contributed by atoms with Crippen molar-refractivity contribution in [2.24, 2.45) is 0 Å². The van der Waals surface area contributed by atoms with E-state index in [1.807, 2.05) is 0 Å². The molecule has 0 radical (unpaired) electrons. The van der Waals surface area contributed by atoms with E-state index in [0.717, 1.165) is 10.9 Å². The predicted molar refractivity (Wildman–Crippen MR) is 131 cm³/mol. The van der Waals surface area contributed by atoms with Crippen LogP contribution in [0.1, 0.15) is 55.4 Å². The van der Waals surface area contributed by atoms with E-state index in [4.69, 9.17) is 18.6 Å². The largest absolute Gasteiger partial charge is 0.494 e. The number of hydrogen-bond acceptors (Lipinski definition) is 5. The zero-order valence-electron chi connectivity index (χ0n) is 19.7. The molecule has 4 nitrogen and oxygen atoms in total. The molecular formula is C24H30B2O4S. The first-order valence-electron chi connectivity index (χ1n) is 11.0. The Kier molecular flexibility index (Phi) is 4.56. The van der Waals surface area contributed by atoms with Crippen molar-refractivity contribution in [2.75, 3.05) is 0 Å². The third kappa shape index (κ3) is 3.28. The molecule has 0 unspecified atom stereocenters. The van der Waals surface area contributed by atoms with Gasteiger partial charge in [0.05, 0.1) is 22.4 Å². The third-order valence-electron chi connectivity index (χ3n) is 7.57. The van der Waals surface area contributed by atoms with Crippen molar-refractivity contribution in [1.82, 2.24) is 0 Å². The van der Waals surface area contributed by atoms with Crippen LogP contribution in [0.3, 0.4) is 0 Å². The van der Waals surface area contributed by atoms with Gasteiger partial charge in [-0.05, 0) is 89.2 Å². The van der Waals surface area contributed by atoms with Crippen LogP contribution in [-0.2, 0) is 18.6 Å². The third-order valence-corrected chi connectivity index (χ3v) is 8.72. The van der Waals surface area contributed by atoms with Crippen LogP contribution in [0, 0.1) is 0 Å². The van der Waals surface area contributed by atoms with Crippen LogP contribution in [0.4, 0.5) is 0 Å². The minimum Gasteiger partial charge on any atom is -0.399 e. The average Bonchev–Trinajstić information content (AvgIpc) is 3.20. The Labute approximate surface area is 189 Å². The van der Waals surface area contributed by atoms with Gasteiger partial charge in [0.15, 0.2) is 0 Å². The molecule has 2 saturated heterocycles. The van der Waals surface area contributed by atoms with Gasteiger partial charge < -0.3 is 18.6 Å². The van der Waals surface area contributed by atoms with Gasteiger partial charge in [0.25, 0.3) is 0 Å². The number of benzene rings is 2. The minimum absolute atomic E-state index is 0.354. The van der Waals surface area contributed by atoms with Gasteiger partial charge in [-0.2, -0.15) is 0 Å². The zero-order chi connectivity index (χ0) is 22.4. The van der Waals surface area contributed by atoms with Crippen molar-refractivity contribution in [3.8, 4) is 0 Å². The van der Waals surface area contributed by atoms with E-state index in [0.29, 0.717) is 0 Å². The summed E-state index contributed by atoms with van der Waals surface area (Å²) in [5, 5.41) is 2.43. The van der Waals surface area contributed by atoms with E-state index in [2.05, 4.69) is 91.8 Å². The van der Waals surface area contributed by atoms with Crippen molar-refractivity contribution >= 4 is 56.7 Å². The van der Waals surface area contributed by atoms with Crippen LogP contribution in [0.5, 0.6) is 0 Å². The van der Waals surface area contributed by atoms with Crippen molar-refractivity contribution in [3.63, 3.8) is 0 Å². The van der Waals surface area contributed by atoms with Gasteiger partial charge in [-0.1, -0.05) is 24.3 Å². The summed E-state index contributed by atoms with van der Waals surface area (Å²) in [6.45, 7) is 16.7. The molecule has 3 heterocycles. The second kappa shape index (κ2) is 6.58. The van der Waals surface area contributed by atoms with Gasteiger partial charge in [-0.25, -0.2) is 0 Å². The van der Waals surface area contributed by atoms with Gasteiger partial charge in [0.1, 0.15) is 0 Å². The predicted octanol–water partition coefficient (Wildman–Crippen LogP) is 4.65. The van der Waals surface area contributed by atoms with Crippen LogP contribution in [0.15, 0.2) is 36.4 Å². The first-order chi connectivity index (χ1) is 14.3. The minimum atomic E-state index is -0.365. The summed E-state index contributed by atoms with van der Waals surface area (Å²) < 4.78 is 27.6. The fraction of sp³-hybridized carbons (Fsp3) is 0.500. The summed E-state index contributed by atoms with van der Waals surface area (Å²) in [5.41, 5.74) is 0.680. The molecule has 2 aromatic carbocycles. The first-order valence-corrected chi connectivity index (χ1v) is 11.8.